The van der Waals surface area contributed by atoms with Crippen molar-refractivity contribution in [3.05, 3.63) is 101 Å². The summed E-state index contributed by atoms with van der Waals surface area (Å²) in [7, 11) is 0. The third-order valence-corrected chi connectivity index (χ3v) is 4.68. The van der Waals surface area contributed by atoms with Crippen LogP contribution in [-0.2, 0) is 6.42 Å². The number of thioether (sulfide) groups is 1. The molecule has 0 bridgehead atoms. The second-order valence-corrected chi connectivity index (χ2v) is 6.19. The summed E-state index contributed by atoms with van der Waals surface area (Å²) in [5, 5.41) is 0. The van der Waals surface area contributed by atoms with Crippen molar-refractivity contribution in [2.75, 3.05) is 6.26 Å². The quantitative estimate of drug-likeness (QED) is 0.473. The largest absolute Gasteiger partial charge is 0.289 e. The molecule has 0 saturated heterocycles. The van der Waals surface area contributed by atoms with E-state index in [9.17, 15) is 4.79 Å². The summed E-state index contributed by atoms with van der Waals surface area (Å²) in [5.74, 6) is 0.0902. The van der Waals surface area contributed by atoms with E-state index in [0.717, 1.165) is 28.0 Å². The van der Waals surface area contributed by atoms with Crippen molar-refractivity contribution < 1.29 is 4.79 Å². The Kier molecular flexibility index (Phi) is 4.94. The molecule has 3 rings (SSSR count). The van der Waals surface area contributed by atoms with Gasteiger partial charge in [0, 0.05) is 16.0 Å². The lowest BCUT2D eigenvalue weighted by Gasteiger charge is -2.13. The van der Waals surface area contributed by atoms with Crippen LogP contribution in [0.25, 0.3) is 0 Å². The maximum atomic E-state index is 12.9. The van der Waals surface area contributed by atoms with Crippen molar-refractivity contribution in [3.63, 3.8) is 0 Å². The van der Waals surface area contributed by atoms with Crippen molar-refractivity contribution in [3.8, 4) is 0 Å². The van der Waals surface area contributed by atoms with Crippen molar-refractivity contribution in [2.24, 2.45) is 0 Å². The first kappa shape index (κ1) is 15.6. The molecule has 0 aliphatic heterocycles. The van der Waals surface area contributed by atoms with Crippen LogP contribution in [0, 0.1) is 0 Å². The summed E-state index contributed by atoms with van der Waals surface area (Å²) in [4.78, 5) is 14.1. The summed E-state index contributed by atoms with van der Waals surface area (Å²) < 4.78 is 0. The minimum Gasteiger partial charge on any atom is -0.289 e. The fourth-order valence-corrected chi connectivity index (χ4v) is 3.34. The lowest BCUT2D eigenvalue weighted by molar-refractivity contribution is 0.103. The average molecular weight is 318 g/mol. The Balaban J connectivity index is 2.05. The standard InChI is InChI=1S/C21H18OS/c1-23-20-14-8-13-18(21(22)17-11-6-3-7-12-17)19(20)15-16-9-4-2-5-10-16/h2-14H,15H2,1H3. The number of benzene rings is 3. The Morgan fingerprint density at radius 2 is 1.48 bits per heavy atom. The molecule has 3 aromatic rings. The molecule has 1 nitrogen and oxygen atoms in total. The molecule has 114 valence electrons. The van der Waals surface area contributed by atoms with Gasteiger partial charge in [-0.25, -0.2) is 0 Å². The van der Waals surface area contributed by atoms with Gasteiger partial charge in [0.2, 0.25) is 0 Å². The van der Waals surface area contributed by atoms with E-state index in [-0.39, 0.29) is 5.78 Å². The van der Waals surface area contributed by atoms with Gasteiger partial charge in [-0.15, -0.1) is 11.8 Å². The minimum atomic E-state index is 0.0902. The van der Waals surface area contributed by atoms with Gasteiger partial charge < -0.3 is 0 Å². The monoisotopic (exact) mass is 318 g/mol. The van der Waals surface area contributed by atoms with Crippen LogP contribution in [0.3, 0.4) is 0 Å². The molecule has 0 aromatic heterocycles. The number of ketones is 1. The minimum absolute atomic E-state index is 0.0902. The molecule has 0 heterocycles. The molecule has 0 radical (unpaired) electrons. The highest BCUT2D eigenvalue weighted by Crippen LogP contribution is 2.27. The molecule has 0 aliphatic rings. The van der Waals surface area contributed by atoms with Crippen LogP contribution in [0.2, 0.25) is 0 Å². The van der Waals surface area contributed by atoms with E-state index in [4.69, 9.17) is 0 Å². The molecule has 0 aliphatic carbocycles. The topological polar surface area (TPSA) is 17.1 Å². The molecule has 0 amide bonds. The van der Waals surface area contributed by atoms with Crippen LogP contribution in [0.15, 0.2) is 83.8 Å². The number of hydrogen-bond donors (Lipinski definition) is 0. The van der Waals surface area contributed by atoms with E-state index in [1.165, 1.54) is 5.56 Å². The fraction of sp³-hybridized carbons (Fsp3) is 0.0952. The first-order chi connectivity index (χ1) is 11.3. The van der Waals surface area contributed by atoms with Crippen molar-refractivity contribution in [2.45, 2.75) is 11.3 Å². The van der Waals surface area contributed by atoms with Gasteiger partial charge in [-0.1, -0.05) is 72.8 Å². The van der Waals surface area contributed by atoms with Gasteiger partial charge in [0.05, 0.1) is 0 Å². The highest BCUT2D eigenvalue weighted by atomic mass is 32.2. The summed E-state index contributed by atoms with van der Waals surface area (Å²) >= 11 is 1.69. The van der Waals surface area contributed by atoms with E-state index in [2.05, 4.69) is 24.5 Å². The Hall–Kier alpha value is -2.32. The van der Waals surface area contributed by atoms with Gasteiger partial charge in [-0.05, 0) is 29.9 Å². The third-order valence-electron chi connectivity index (χ3n) is 3.86. The van der Waals surface area contributed by atoms with Crippen LogP contribution in [-0.4, -0.2) is 12.0 Å². The number of hydrogen-bond acceptors (Lipinski definition) is 2. The van der Waals surface area contributed by atoms with Gasteiger partial charge in [0.15, 0.2) is 5.78 Å². The predicted octanol–water partition coefficient (Wildman–Crippen LogP) is 5.23. The molecule has 23 heavy (non-hydrogen) atoms. The zero-order valence-corrected chi connectivity index (χ0v) is 13.8. The van der Waals surface area contributed by atoms with E-state index < -0.39 is 0 Å². The predicted molar refractivity (Wildman–Crippen MR) is 97.3 cm³/mol. The fourth-order valence-electron chi connectivity index (χ4n) is 2.70. The van der Waals surface area contributed by atoms with Crippen molar-refractivity contribution >= 4 is 17.5 Å². The van der Waals surface area contributed by atoms with E-state index in [0.29, 0.717) is 0 Å². The van der Waals surface area contributed by atoms with E-state index >= 15 is 0 Å². The van der Waals surface area contributed by atoms with Crippen LogP contribution in [0.1, 0.15) is 27.0 Å². The maximum absolute atomic E-state index is 12.9. The Morgan fingerprint density at radius 1 is 0.826 bits per heavy atom. The Bertz CT molecular complexity index is 795. The number of carbonyl (C=O) groups excluding carboxylic acids is 1. The SMILES string of the molecule is CSc1cccc(C(=O)c2ccccc2)c1Cc1ccccc1. The molecule has 2 heteroatoms. The molecule has 0 atom stereocenters. The highest BCUT2D eigenvalue weighted by Gasteiger charge is 2.16. The average Bonchev–Trinajstić information content (AvgIpc) is 2.63. The first-order valence-electron chi connectivity index (χ1n) is 7.59. The highest BCUT2D eigenvalue weighted by molar-refractivity contribution is 7.98. The third kappa shape index (κ3) is 3.54. The molecular weight excluding hydrogens is 300 g/mol. The van der Waals surface area contributed by atoms with Crippen molar-refractivity contribution in [1.82, 2.24) is 0 Å². The lowest BCUT2D eigenvalue weighted by Crippen LogP contribution is -2.07. The van der Waals surface area contributed by atoms with Crippen LogP contribution in [0.5, 0.6) is 0 Å². The molecule has 0 fully saturated rings. The van der Waals surface area contributed by atoms with Gasteiger partial charge in [-0.3, -0.25) is 4.79 Å². The normalized spacial score (nSPS) is 10.5. The van der Waals surface area contributed by atoms with Gasteiger partial charge >= 0.3 is 0 Å². The summed E-state index contributed by atoms with van der Waals surface area (Å²) in [6.07, 6.45) is 2.83. The first-order valence-corrected chi connectivity index (χ1v) is 8.81. The zero-order valence-electron chi connectivity index (χ0n) is 13.0. The summed E-state index contributed by atoms with van der Waals surface area (Å²) in [6, 6.07) is 25.8. The maximum Gasteiger partial charge on any atom is 0.193 e. The molecular formula is C21H18OS. The summed E-state index contributed by atoms with van der Waals surface area (Å²) in [5.41, 5.74) is 3.86. The van der Waals surface area contributed by atoms with E-state index in [1.807, 2.05) is 60.7 Å². The molecule has 0 N–H and O–H groups in total. The molecule has 0 saturated carbocycles. The Morgan fingerprint density at radius 3 is 2.13 bits per heavy atom. The number of rotatable bonds is 5. The van der Waals surface area contributed by atoms with Crippen LogP contribution in [0.4, 0.5) is 0 Å². The molecule has 0 spiro atoms. The lowest BCUT2D eigenvalue weighted by atomic mass is 9.94. The van der Waals surface area contributed by atoms with Gasteiger partial charge in [-0.2, -0.15) is 0 Å². The van der Waals surface area contributed by atoms with Crippen LogP contribution < -0.4 is 0 Å². The Labute approximate surface area is 141 Å². The smallest absolute Gasteiger partial charge is 0.193 e. The second-order valence-electron chi connectivity index (χ2n) is 5.34. The zero-order chi connectivity index (χ0) is 16.1. The summed E-state index contributed by atoms with van der Waals surface area (Å²) in [6.45, 7) is 0. The second kappa shape index (κ2) is 7.30. The molecule has 3 aromatic carbocycles. The van der Waals surface area contributed by atoms with Crippen LogP contribution >= 0.6 is 11.8 Å². The molecule has 0 unspecified atom stereocenters. The van der Waals surface area contributed by atoms with Gasteiger partial charge in [0.1, 0.15) is 0 Å². The van der Waals surface area contributed by atoms with Gasteiger partial charge in [0.25, 0.3) is 0 Å². The number of carbonyl (C=O) groups is 1. The van der Waals surface area contributed by atoms with E-state index in [1.54, 1.807) is 11.8 Å². The van der Waals surface area contributed by atoms with Crippen molar-refractivity contribution in [1.29, 1.82) is 0 Å².